The predicted molar refractivity (Wildman–Crippen MR) is 115 cm³/mol. The zero-order valence-electron chi connectivity index (χ0n) is 16.2. The number of guanidine groups is 1. The molecule has 2 heterocycles. The van der Waals surface area contributed by atoms with Crippen LogP contribution in [0.25, 0.3) is 0 Å². The maximum absolute atomic E-state index is 12.7. The minimum atomic E-state index is -3.38. The highest BCUT2D eigenvalue weighted by atomic mass is 32.2. The molecule has 1 aliphatic rings. The van der Waals surface area contributed by atoms with E-state index in [-0.39, 0.29) is 0 Å². The van der Waals surface area contributed by atoms with Crippen LogP contribution in [0.1, 0.15) is 36.6 Å². The number of nitrogens with zero attached hydrogens (tertiary/aromatic N) is 2. The number of hydrogen-bond acceptors (Lipinski definition) is 4. The largest absolute Gasteiger partial charge is 0.357 e. The van der Waals surface area contributed by atoms with Crippen molar-refractivity contribution in [3.8, 4) is 0 Å². The summed E-state index contributed by atoms with van der Waals surface area (Å²) in [6.07, 6.45) is 2.99. The van der Waals surface area contributed by atoms with Crippen molar-refractivity contribution in [1.82, 2.24) is 14.9 Å². The van der Waals surface area contributed by atoms with E-state index in [0.717, 1.165) is 43.9 Å². The van der Waals surface area contributed by atoms with Gasteiger partial charge in [0, 0.05) is 24.5 Å². The fourth-order valence-electron chi connectivity index (χ4n) is 3.12. The lowest BCUT2D eigenvalue weighted by molar-refractivity contribution is 0.346. The summed E-state index contributed by atoms with van der Waals surface area (Å²) in [5.41, 5.74) is 0.978. The molecule has 1 fully saturated rings. The Morgan fingerprint density at radius 1 is 1.11 bits per heavy atom. The summed E-state index contributed by atoms with van der Waals surface area (Å²) in [6.45, 7) is 5.28. The first-order valence-electron chi connectivity index (χ1n) is 9.73. The number of nitrogens with one attached hydrogen (secondary N) is 2. The molecule has 1 saturated heterocycles. The fraction of sp³-hybridized carbons (Fsp3) is 0.450. The van der Waals surface area contributed by atoms with Crippen LogP contribution in [0.15, 0.2) is 51.7 Å². The summed E-state index contributed by atoms with van der Waals surface area (Å²) >= 11 is 1.71. The van der Waals surface area contributed by atoms with Gasteiger partial charge >= 0.3 is 0 Å². The van der Waals surface area contributed by atoms with Gasteiger partial charge in [-0.3, -0.25) is 0 Å². The van der Waals surface area contributed by atoms with E-state index in [2.05, 4.69) is 27.1 Å². The zero-order chi connectivity index (χ0) is 19.8. The van der Waals surface area contributed by atoms with Crippen molar-refractivity contribution in [2.45, 2.75) is 44.2 Å². The molecule has 0 saturated carbocycles. The second kappa shape index (κ2) is 10.0. The lowest BCUT2D eigenvalue weighted by Gasteiger charge is -2.25. The molecule has 1 aromatic heterocycles. The van der Waals surface area contributed by atoms with Gasteiger partial charge in [-0.25, -0.2) is 13.4 Å². The summed E-state index contributed by atoms with van der Waals surface area (Å²) in [4.78, 5) is 6.22. The number of aliphatic imine (C=N–C) groups is 1. The first-order chi connectivity index (χ1) is 13.6. The van der Waals surface area contributed by atoms with Gasteiger partial charge in [-0.15, -0.1) is 11.3 Å². The molecule has 0 aliphatic carbocycles. The van der Waals surface area contributed by atoms with Crippen LogP contribution in [-0.2, 0) is 23.1 Å². The Labute approximate surface area is 171 Å². The molecule has 2 N–H and O–H groups in total. The molecular formula is C20H28N4O2S2. The third-order valence-corrected chi connectivity index (χ3v) is 7.44. The highest BCUT2D eigenvalue weighted by Gasteiger charge is 2.25. The van der Waals surface area contributed by atoms with E-state index in [9.17, 15) is 8.42 Å². The summed E-state index contributed by atoms with van der Waals surface area (Å²) in [7, 11) is -3.38. The third-order valence-electron chi connectivity index (χ3n) is 4.65. The first-order valence-corrected chi connectivity index (χ1v) is 12.0. The summed E-state index contributed by atoms with van der Waals surface area (Å²) in [5, 5.41) is 8.61. The van der Waals surface area contributed by atoms with Gasteiger partial charge in [-0.2, -0.15) is 4.31 Å². The molecule has 0 radical (unpaired) electrons. The molecule has 2 aromatic rings. The second-order valence-corrected chi connectivity index (χ2v) is 9.71. The van der Waals surface area contributed by atoms with Crippen LogP contribution in [0, 0.1) is 0 Å². The van der Waals surface area contributed by atoms with Crippen LogP contribution in [0.2, 0.25) is 0 Å². The zero-order valence-corrected chi connectivity index (χ0v) is 17.9. The van der Waals surface area contributed by atoms with Crippen LogP contribution in [0.5, 0.6) is 0 Å². The Balaban J connectivity index is 1.62. The van der Waals surface area contributed by atoms with Crippen LogP contribution >= 0.6 is 11.3 Å². The van der Waals surface area contributed by atoms with Gasteiger partial charge in [0.25, 0.3) is 0 Å². The topological polar surface area (TPSA) is 73.8 Å². The second-order valence-electron chi connectivity index (χ2n) is 6.74. The lowest BCUT2D eigenvalue weighted by atomic mass is 10.2. The van der Waals surface area contributed by atoms with E-state index in [1.807, 2.05) is 25.1 Å². The molecule has 0 atom stereocenters. The standard InChI is InChI=1S/C20H28N4O2S2/c1-2-21-20(23-16-18-7-6-14-27-18)22-15-17-8-10-19(11-9-17)28(25,26)24-12-4-3-5-13-24/h6-11,14H,2-5,12-13,15-16H2,1H3,(H2,21,22,23). The molecule has 0 amide bonds. The number of benzene rings is 1. The third kappa shape index (κ3) is 5.56. The molecule has 0 spiro atoms. The molecule has 28 heavy (non-hydrogen) atoms. The van der Waals surface area contributed by atoms with Crippen molar-refractivity contribution in [3.63, 3.8) is 0 Å². The molecule has 1 aromatic carbocycles. The first kappa shape index (κ1) is 20.8. The molecule has 0 unspecified atom stereocenters. The number of hydrogen-bond donors (Lipinski definition) is 2. The predicted octanol–water partition coefficient (Wildman–Crippen LogP) is 3.18. The van der Waals surface area contributed by atoms with Crippen molar-refractivity contribution in [1.29, 1.82) is 0 Å². The minimum Gasteiger partial charge on any atom is -0.357 e. The van der Waals surface area contributed by atoms with E-state index in [1.165, 1.54) is 4.88 Å². The number of sulfonamides is 1. The molecule has 3 rings (SSSR count). The summed E-state index contributed by atoms with van der Waals surface area (Å²) < 4.78 is 27.1. The average Bonchev–Trinajstić information content (AvgIpc) is 3.25. The summed E-state index contributed by atoms with van der Waals surface area (Å²) in [6, 6.07) is 11.2. The van der Waals surface area contributed by atoms with Crippen molar-refractivity contribution in [3.05, 3.63) is 52.2 Å². The Bertz CT molecular complexity index is 856. The Hall–Kier alpha value is -1.90. The normalized spacial score (nSPS) is 16.1. The molecule has 0 bridgehead atoms. The summed E-state index contributed by atoms with van der Waals surface area (Å²) in [5.74, 6) is 0.751. The van der Waals surface area contributed by atoms with Crippen LogP contribution in [0.4, 0.5) is 0 Å². The van der Waals surface area contributed by atoms with Gasteiger partial charge in [0.1, 0.15) is 0 Å². The smallest absolute Gasteiger partial charge is 0.243 e. The molecule has 6 nitrogen and oxygen atoms in total. The van der Waals surface area contributed by atoms with E-state index in [1.54, 1.807) is 27.8 Å². The molecule has 1 aliphatic heterocycles. The van der Waals surface area contributed by atoms with Crippen LogP contribution in [-0.4, -0.2) is 38.3 Å². The maximum Gasteiger partial charge on any atom is 0.243 e. The number of piperidine rings is 1. The van der Waals surface area contributed by atoms with Crippen molar-refractivity contribution in [2.75, 3.05) is 19.6 Å². The quantitative estimate of drug-likeness (QED) is 0.533. The molecule has 152 valence electrons. The van der Waals surface area contributed by atoms with Gasteiger partial charge in [0.05, 0.1) is 18.0 Å². The van der Waals surface area contributed by atoms with Gasteiger partial charge < -0.3 is 10.6 Å². The Morgan fingerprint density at radius 2 is 1.86 bits per heavy atom. The Morgan fingerprint density at radius 3 is 2.50 bits per heavy atom. The Kier molecular flexibility index (Phi) is 7.47. The van der Waals surface area contributed by atoms with Crippen LogP contribution < -0.4 is 10.6 Å². The average molecular weight is 421 g/mol. The minimum absolute atomic E-state index is 0.366. The van der Waals surface area contributed by atoms with E-state index in [4.69, 9.17) is 0 Å². The van der Waals surface area contributed by atoms with E-state index >= 15 is 0 Å². The van der Waals surface area contributed by atoms with Crippen molar-refractivity contribution in [2.24, 2.45) is 4.99 Å². The fourth-order valence-corrected chi connectivity index (χ4v) is 5.28. The van der Waals surface area contributed by atoms with Gasteiger partial charge in [-0.1, -0.05) is 24.6 Å². The van der Waals surface area contributed by atoms with Gasteiger partial charge in [-0.05, 0) is 48.9 Å². The highest BCUT2D eigenvalue weighted by Crippen LogP contribution is 2.21. The highest BCUT2D eigenvalue weighted by molar-refractivity contribution is 7.89. The van der Waals surface area contributed by atoms with Crippen molar-refractivity contribution < 1.29 is 8.42 Å². The van der Waals surface area contributed by atoms with E-state index < -0.39 is 10.0 Å². The number of rotatable bonds is 7. The molecule has 8 heteroatoms. The van der Waals surface area contributed by atoms with E-state index in [0.29, 0.717) is 24.5 Å². The van der Waals surface area contributed by atoms with Crippen molar-refractivity contribution >= 4 is 27.3 Å². The van der Waals surface area contributed by atoms with Gasteiger partial charge in [0.2, 0.25) is 10.0 Å². The monoisotopic (exact) mass is 420 g/mol. The lowest BCUT2D eigenvalue weighted by Crippen LogP contribution is -2.36. The molecular weight excluding hydrogens is 392 g/mol. The SMILES string of the molecule is CCNC(=NCc1ccc(S(=O)(=O)N2CCCCC2)cc1)NCc1cccs1. The maximum atomic E-state index is 12.7. The van der Waals surface area contributed by atoms with Crippen LogP contribution in [0.3, 0.4) is 0 Å². The van der Waals surface area contributed by atoms with Gasteiger partial charge in [0.15, 0.2) is 5.96 Å². The number of thiophene rings is 1.